The number of carbonyl (C=O) groups excluding carboxylic acids is 3. The number of amides is 3. The highest BCUT2D eigenvalue weighted by molar-refractivity contribution is 5.94. The number of aliphatic imine (C=N–C) groups is 1. The van der Waals surface area contributed by atoms with Crippen LogP contribution in [0.3, 0.4) is 0 Å². The first-order valence-electron chi connectivity index (χ1n) is 13.0. The monoisotopic (exact) mass is 528 g/mol. The molecule has 6 atom stereocenters. The van der Waals surface area contributed by atoms with Gasteiger partial charge in [-0.15, -0.1) is 0 Å². The van der Waals surface area contributed by atoms with Gasteiger partial charge < -0.3 is 44.0 Å². The van der Waals surface area contributed by atoms with Gasteiger partial charge in [-0.05, 0) is 50.5 Å². The Labute approximate surface area is 219 Å². The minimum Gasteiger partial charge on any atom is -0.480 e. The molecular weight excluding hydrogens is 480 g/mol. The summed E-state index contributed by atoms with van der Waals surface area (Å²) in [6.07, 6.45) is 3.25. The third-order valence-electron chi connectivity index (χ3n) is 6.49. The van der Waals surface area contributed by atoms with Crippen molar-refractivity contribution in [2.24, 2.45) is 39.8 Å². The van der Waals surface area contributed by atoms with Gasteiger partial charge in [0.15, 0.2) is 5.96 Å². The van der Waals surface area contributed by atoms with Crippen molar-refractivity contribution in [2.45, 2.75) is 96.8 Å². The van der Waals surface area contributed by atoms with E-state index in [1.165, 1.54) is 0 Å². The lowest BCUT2D eigenvalue weighted by atomic mass is 9.96. The van der Waals surface area contributed by atoms with E-state index in [0.717, 1.165) is 0 Å². The third-order valence-corrected chi connectivity index (χ3v) is 6.49. The van der Waals surface area contributed by atoms with Crippen molar-refractivity contribution >= 4 is 29.7 Å². The number of nitrogens with zero attached hydrogens (tertiary/aromatic N) is 1. The van der Waals surface area contributed by atoms with E-state index in [9.17, 15) is 24.3 Å². The summed E-state index contributed by atoms with van der Waals surface area (Å²) in [7, 11) is 0. The molecule has 13 nitrogen and oxygen atoms in total. The first-order chi connectivity index (χ1) is 17.4. The molecule has 0 radical (unpaired) electrons. The molecule has 0 bridgehead atoms. The van der Waals surface area contributed by atoms with Crippen LogP contribution in [0.2, 0.25) is 0 Å². The number of carboxylic acid groups (broad SMARTS) is 1. The number of aliphatic carboxylic acids is 1. The molecule has 13 heteroatoms. The zero-order valence-electron chi connectivity index (χ0n) is 22.7. The smallest absolute Gasteiger partial charge is 0.326 e. The molecule has 3 amide bonds. The minimum atomic E-state index is -1.21. The molecule has 0 saturated heterocycles. The van der Waals surface area contributed by atoms with Gasteiger partial charge in [-0.25, -0.2) is 4.79 Å². The number of hydrogen-bond donors (Lipinski definition) is 8. The van der Waals surface area contributed by atoms with E-state index in [0.29, 0.717) is 45.1 Å². The number of rotatable bonds is 19. The molecule has 0 aliphatic carbocycles. The fourth-order valence-electron chi connectivity index (χ4n) is 3.52. The molecule has 0 aromatic rings. The average molecular weight is 529 g/mol. The summed E-state index contributed by atoms with van der Waals surface area (Å²) >= 11 is 0. The highest BCUT2D eigenvalue weighted by Gasteiger charge is 2.33. The summed E-state index contributed by atoms with van der Waals surface area (Å²) in [5.41, 5.74) is 22.2. The van der Waals surface area contributed by atoms with Crippen LogP contribution in [0.25, 0.3) is 0 Å². The lowest BCUT2D eigenvalue weighted by Gasteiger charge is -2.28. The van der Waals surface area contributed by atoms with E-state index in [1.807, 2.05) is 20.8 Å². The zero-order chi connectivity index (χ0) is 28.5. The lowest BCUT2D eigenvalue weighted by Crippen LogP contribution is -2.59. The predicted molar refractivity (Wildman–Crippen MR) is 143 cm³/mol. The molecular formula is C24H48N8O5. The molecule has 0 fully saturated rings. The summed E-state index contributed by atoms with van der Waals surface area (Å²) in [4.78, 5) is 54.5. The molecule has 37 heavy (non-hydrogen) atoms. The summed E-state index contributed by atoms with van der Waals surface area (Å²) in [6, 6.07) is -3.88. The van der Waals surface area contributed by atoms with Crippen molar-refractivity contribution in [3.05, 3.63) is 0 Å². The fraction of sp³-hybridized carbons (Fsp3) is 0.792. The Balaban J connectivity index is 5.56. The second-order valence-corrected chi connectivity index (χ2v) is 9.48. The Morgan fingerprint density at radius 2 is 1.38 bits per heavy atom. The Hall–Kier alpha value is -2.93. The predicted octanol–water partition coefficient (Wildman–Crippen LogP) is -0.872. The van der Waals surface area contributed by atoms with Crippen LogP contribution in [0.15, 0.2) is 4.99 Å². The van der Waals surface area contributed by atoms with Crippen LogP contribution in [0.1, 0.15) is 72.6 Å². The van der Waals surface area contributed by atoms with Crippen molar-refractivity contribution in [1.82, 2.24) is 16.0 Å². The maximum Gasteiger partial charge on any atom is 0.326 e. The Bertz CT molecular complexity index is 759. The van der Waals surface area contributed by atoms with Crippen LogP contribution < -0.4 is 38.9 Å². The molecule has 0 rings (SSSR count). The van der Waals surface area contributed by atoms with Gasteiger partial charge in [0.2, 0.25) is 17.7 Å². The second-order valence-electron chi connectivity index (χ2n) is 9.48. The molecule has 12 N–H and O–H groups in total. The van der Waals surface area contributed by atoms with E-state index in [2.05, 4.69) is 20.9 Å². The number of hydrogen-bond acceptors (Lipinski definition) is 7. The van der Waals surface area contributed by atoms with Crippen LogP contribution in [0, 0.1) is 11.8 Å². The summed E-state index contributed by atoms with van der Waals surface area (Å²) in [6.45, 7) is 8.06. The molecule has 0 saturated carbocycles. The molecule has 6 unspecified atom stereocenters. The second kappa shape index (κ2) is 18.3. The van der Waals surface area contributed by atoms with E-state index in [4.69, 9.17) is 22.9 Å². The summed E-state index contributed by atoms with van der Waals surface area (Å²) < 4.78 is 0. The van der Waals surface area contributed by atoms with Gasteiger partial charge in [0.25, 0.3) is 0 Å². The topological polar surface area (TPSA) is 241 Å². The molecule has 214 valence electrons. The van der Waals surface area contributed by atoms with Gasteiger partial charge in [0.1, 0.15) is 18.1 Å². The van der Waals surface area contributed by atoms with Crippen LogP contribution in [0.5, 0.6) is 0 Å². The van der Waals surface area contributed by atoms with Crippen LogP contribution >= 0.6 is 0 Å². The van der Waals surface area contributed by atoms with Gasteiger partial charge in [0, 0.05) is 6.54 Å². The van der Waals surface area contributed by atoms with Crippen molar-refractivity contribution < 1.29 is 24.3 Å². The largest absolute Gasteiger partial charge is 0.480 e. The molecule has 0 heterocycles. The van der Waals surface area contributed by atoms with E-state index >= 15 is 0 Å². The maximum atomic E-state index is 13.2. The van der Waals surface area contributed by atoms with Gasteiger partial charge in [-0.1, -0.05) is 40.5 Å². The van der Waals surface area contributed by atoms with E-state index in [-0.39, 0.29) is 30.8 Å². The highest BCUT2D eigenvalue weighted by Crippen LogP contribution is 2.12. The third kappa shape index (κ3) is 13.3. The van der Waals surface area contributed by atoms with Crippen LogP contribution in [0.4, 0.5) is 0 Å². The molecule has 0 aliphatic heterocycles. The number of carbonyl (C=O) groups is 4. The van der Waals surface area contributed by atoms with Gasteiger partial charge >= 0.3 is 5.97 Å². The Kier molecular flexibility index (Phi) is 16.9. The molecule has 0 aromatic carbocycles. The molecule has 0 aromatic heterocycles. The quantitative estimate of drug-likeness (QED) is 0.0589. The maximum absolute atomic E-state index is 13.2. The highest BCUT2D eigenvalue weighted by atomic mass is 16.4. The average Bonchev–Trinajstić information content (AvgIpc) is 2.86. The first-order valence-corrected chi connectivity index (χ1v) is 13.0. The van der Waals surface area contributed by atoms with Gasteiger partial charge in [0.05, 0.1) is 6.04 Å². The SMILES string of the molecule is CCC(C)C(N)C(=O)NC(CCCCN)C(=O)NC(C(=O)NC(CCCN=C(N)N)C(=O)O)C(C)CC. The normalized spacial score (nSPS) is 15.8. The summed E-state index contributed by atoms with van der Waals surface area (Å²) in [5.74, 6) is -3.30. The fourth-order valence-corrected chi connectivity index (χ4v) is 3.52. The van der Waals surface area contributed by atoms with Crippen molar-refractivity contribution in [2.75, 3.05) is 13.1 Å². The van der Waals surface area contributed by atoms with Gasteiger partial charge in [-0.2, -0.15) is 0 Å². The van der Waals surface area contributed by atoms with Crippen LogP contribution in [-0.2, 0) is 19.2 Å². The number of nitrogens with two attached hydrogens (primary N) is 4. The van der Waals surface area contributed by atoms with Crippen molar-refractivity contribution in [3.63, 3.8) is 0 Å². The number of unbranched alkanes of at least 4 members (excludes halogenated alkanes) is 1. The van der Waals surface area contributed by atoms with Crippen LogP contribution in [-0.4, -0.2) is 72.0 Å². The number of carboxylic acids is 1. The first kappa shape index (κ1) is 34.1. The van der Waals surface area contributed by atoms with E-state index < -0.39 is 47.9 Å². The number of nitrogens with one attached hydrogen (secondary N) is 3. The number of guanidine groups is 1. The lowest BCUT2D eigenvalue weighted by molar-refractivity contribution is -0.143. The minimum absolute atomic E-state index is 0.0775. The zero-order valence-corrected chi connectivity index (χ0v) is 22.7. The van der Waals surface area contributed by atoms with Crippen molar-refractivity contribution in [3.8, 4) is 0 Å². The van der Waals surface area contributed by atoms with Gasteiger partial charge in [-0.3, -0.25) is 19.4 Å². The standard InChI is InChI=1S/C24H48N8O5/c1-5-14(3)18(26)21(34)30-16(10-7-8-12-25)20(33)32-19(15(4)6-2)22(35)31-17(23(36)37)11-9-13-29-24(27)28/h14-19H,5-13,25-26H2,1-4H3,(H,30,34)(H,31,35)(H,32,33)(H,36,37)(H4,27,28,29). The summed E-state index contributed by atoms with van der Waals surface area (Å²) in [5, 5.41) is 17.5. The Morgan fingerprint density at radius 1 is 0.811 bits per heavy atom. The van der Waals surface area contributed by atoms with Crippen molar-refractivity contribution in [1.29, 1.82) is 0 Å². The molecule has 0 spiro atoms. The Morgan fingerprint density at radius 3 is 1.89 bits per heavy atom. The molecule has 0 aliphatic rings. The van der Waals surface area contributed by atoms with E-state index in [1.54, 1.807) is 6.92 Å².